The standard InChI is InChI=1S/C31H33N5O2/c1-30(2,3)38-29(37)36-31(15-5-4-6-16-31)28-34-24-13-10-21(18-26(24)35-28)8-7-20-9-12-23-22(17-20)11-14-25-27(23)33-19-32-25/h9-10,12-13,17-19H,4-6,11,14-16H2,1-3H3,(H,32,33)(H,34,35)(H,36,37). The topological polar surface area (TPSA) is 95.7 Å². The summed E-state index contributed by atoms with van der Waals surface area (Å²) in [6.45, 7) is 5.63. The number of ether oxygens (including phenoxy) is 1. The smallest absolute Gasteiger partial charge is 0.408 e. The van der Waals surface area contributed by atoms with Crippen LogP contribution in [0, 0.1) is 11.8 Å². The number of rotatable bonds is 2. The van der Waals surface area contributed by atoms with Gasteiger partial charge in [0, 0.05) is 22.4 Å². The van der Waals surface area contributed by atoms with Crippen LogP contribution >= 0.6 is 0 Å². The minimum atomic E-state index is -0.554. The molecule has 2 aliphatic rings. The number of aryl methyl sites for hydroxylation is 2. The molecule has 2 heterocycles. The van der Waals surface area contributed by atoms with Crippen LogP contribution in [0.25, 0.3) is 22.3 Å². The first-order chi connectivity index (χ1) is 18.3. The van der Waals surface area contributed by atoms with E-state index in [1.165, 1.54) is 16.8 Å². The van der Waals surface area contributed by atoms with Crippen molar-refractivity contribution in [3.63, 3.8) is 0 Å². The summed E-state index contributed by atoms with van der Waals surface area (Å²) >= 11 is 0. The second-order valence-corrected chi connectivity index (χ2v) is 11.4. The Labute approximate surface area is 222 Å². The van der Waals surface area contributed by atoms with E-state index in [9.17, 15) is 4.79 Å². The van der Waals surface area contributed by atoms with Crippen molar-refractivity contribution in [1.82, 2.24) is 25.3 Å². The molecule has 0 bridgehead atoms. The first kappa shape index (κ1) is 24.3. The number of carbonyl (C=O) groups excluding carboxylic acids is 1. The number of alkyl carbamates (subject to hydrolysis) is 1. The van der Waals surface area contributed by atoms with Gasteiger partial charge in [0.2, 0.25) is 0 Å². The third kappa shape index (κ3) is 4.79. The van der Waals surface area contributed by atoms with Gasteiger partial charge in [0.25, 0.3) is 0 Å². The van der Waals surface area contributed by atoms with E-state index in [-0.39, 0.29) is 0 Å². The second-order valence-electron chi connectivity index (χ2n) is 11.4. The van der Waals surface area contributed by atoms with Gasteiger partial charge in [-0.05, 0) is 82.3 Å². The number of hydrogen-bond donors (Lipinski definition) is 3. The number of imidazole rings is 2. The highest BCUT2D eigenvalue weighted by Gasteiger charge is 2.39. The predicted octanol–water partition coefficient (Wildman–Crippen LogP) is 6.14. The van der Waals surface area contributed by atoms with Gasteiger partial charge in [0.15, 0.2) is 0 Å². The molecule has 0 spiro atoms. The summed E-state index contributed by atoms with van der Waals surface area (Å²) in [5.74, 6) is 7.44. The molecule has 2 aromatic carbocycles. The summed E-state index contributed by atoms with van der Waals surface area (Å²) in [5.41, 5.74) is 7.34. The maximum Gasteiger partial charge on any atom is 0.408 e. The molecule has 0 unspecified atom stereocenters. The minimum Gasteiger partial charge on any atom is -0.444 e. The Bertz CT molecular complexity index is 1570. The molecular formula is C31H33N5O2. The Balaban J connectivity index is 1.26. The van der Waals surface area contributed by atoms with Gasteiger partial charge in [0.05, 0.1) is 23.1 Å². The molecule has 2 aliphatic carbocycles. The molecule has 0 saturated heterocycles. The summed E-state index contributed by atoms with van der Waals surface area (Å²) in [4.78, 5) is 28.9. The third-order valence-electron chi connectivity index (χ3n) is 7.46. The van der Waals surface area contributed by atoms with Crippen molar-refractivity contribution in [2.24, 2.45) is 0 Å². The number of aromatic nitrogens is 4. The van der Waals surface area contributed by atoms with Crippen LogP contribution in [0.4, 0.5) is 4.79 Å². The van der Waals surface area contributed by atoms with Gasteiger partial charge in [-0.3, -0.25) is 0 Å². The van der Waals surface area contributed by atoms with Gasteiger partial charge in [0.1, 0.15) is 17.0 Å². The minimum absolute atomic E-state index is 0.403. The average Bonchev–Trinajstić information content (AvgIpc) is 3.54. The molecule has 3 N–H and O–H groups in total. The fourth-order valence-electron chi connectivity index (χ4n) is 5.65. The summed E-state index contributed by atoms with van der Waals surface area (Å²) in [6, 6.07) is 12.4. The molecule has 0 atom stereocenters. The zero-order valence-electron chi connectivity index (χ0n) is 22.2. The number of H-pyrrole nitrogens is 2. The zero-order chi connectivity index (χ0) is 26.3. The molecule has 38 heavy (non-hydrogen) atoms. The van der Waals surface area contributed by atoms with Crippen LogP contribution in [0.2, 0.25) is 0 Å². The lowest BCUT2D eigenvalue weighted by molar-refractivity contribution is 0.0413. The molecule has 1 saturated carbocycles. The van der Waals surface area contributed by atoms with Crippen molar-refractivity contribution in [3.8, 4) is 23.1 Å². The lowest BCUT2D eigenvalue weighted by Crippen LogP contribution is -2.49. The fourth-order valence-corrected chi connectivity index (χ4v) is 5.65. The third-order valence-corrected chi connectivity index (χ3v) is 7.46. The highest BCUT2D eigenvalue weighted by Crippen LogP contribution is 2.37. The molecular weight excluding hydrogens is 474 g/mol. The van der Waals surface area contributed by atoms with E-state index in [0.717, 1.165) is 78.6 Å². The Hall–Kier alpha value is -4.05. The van der Waals surface area contributed by atoms with E-state index in [0.29, 0.717) is 0 Å². The van der Waals surface area contributed by atoms with Crippen LogP contribution in [-0.2, 0) is 23.1 Å². The zero-order valence-corrected chi connectivity index (χ0v) is 22.2. The molecule has 7 heteroatoms. The first-order valence-corrected chi connectivity index (χ1v) is 13.5. The predicted molar refractivity (Wildman–Crippen MR) is 148 cm³/mol. The quantitative estimate of drug-likeness (QED) is 0.284. The fraction of sp³-hybridized carbons (Fsp3) is 0.387. The number of hydrogen-bond acceptors (Lipinski definition) is 4. The Kier molecular flexibility index (Phi) is 5.98. The van der Waals surface area contributed by atoms with Crippen LogP contribution in [0.15, 0.2) is 42.7 Å². The van der Waals surface area contributed by atoms with E-state index in [1.54, 1.807) is 6.33 Å². The molecule has 6 rings (SSSR count). The van der Waals surface area contributed by atoms with Crippen LogP contribution < -0.4 is 5.32 Å². The number of carbonyl (C=O) groups is 1. The lowest BCUT2D eigenvalue weighted by Gasteiger charge is -2.36. The van der Waals surface area contributed by atoms with Gasteiger partial charge < -0.3 is 20.0 Å². The number of fused-ring (bicyclic) bond motifs is 4. The highest BCUT2D eigenvalue weighted by molar-refractivity contribution is 5.78. The lowest BCUT2D eigenvalue weighted by atomic mass is 9.81. The van der Waals surface area contributed by atoms with Crippen molar-refractivity contribution in [2.45, 2.75) is 76.9 Å². The summed E-state index contributed by atoms with van der Waals surface area (Å²) in [7, 11) is 0. The van der Waals surface area contributed by atoms with Crippen molar-refractivity contribution in [2.75, 3.05) is 0 Å². The molecule has 0 aliphatic heterocycles. The normalized spacial score (nSPS) is 16.2. The largest absolute Gasteiger partial charge is 0.444 e. The van der Waals surface area contributed by atoms with E-state index in [1.807, 2.05) is 39.0 Å². The molecule has 7 nitrogen and oxygen atoms in total. The molecule has 2 aromatic heterocycles. The maximum atomic E-state index is 12.7. The van der Waals surface area contributed by atoms with Crippen molar-refractivity contribution in [3.05, 3.63) is 70.9 Å². The number of amides is 1. The van der Waals surface area contributed by atoms with Gasteiger partial charge >= 0.3 is 6.09 Å². The Morgan fingerprint density at radius 3 is 2.58 bits per heavy atom. The number of nitrogens with zero attached hydrogens (tertiary/aromatic N) is 2. The highest BCUT2D eigenvalue weighted by atomic mass is 16.6. The molecule has 1 amide bonds. The van der Waals surface area contributed by atoms with E-state index in [4.69, 9.17) is 9.72 Å². The summed E-state index contributed by atoms with van der Waals surface area (Å²) in [5, 5.41) is 3.17. The van der Waals surface area contributed by atoms with Gasteiger partial charge in [-0.2, -0.15) is 0 Å². The molecule has 0 radical (unpaired) electrons. The van der Waals surface area contributed by atoms with Crippen LogP contribution in [0.5, 0.6) is 0 Å². The Morgan fingerprint density at radius 1 is 1.03 bits per heavy atom. The first-order valence-electron chi connectivity index (χ1n) is 13.5. The van der Waals surface area contributed by atoms with Crippen LogP contribution in [0.1, 0.15) is 81.1 Å². The SMILES string of the molecule is CC(C)(C)OC(=O)NC1(c2nc3ccc(C#Cc4ccc5c(c4)CCc4[nH]cnc4-5)cc3[nH]2)CCCCC1. The van der Waals surface area contributed by atoms with Crippen molar-refractivity contribution in [1.29, 1.82) is 0 Å². The average molecular weight is 508 g/mol. The number of benzene rings is 2. The van der Waals surface area contributed by atoms with Gasteiger partial charge in [-0.1, -0.05) is 37.2 Å². The summed E-state index contributed by atoms with van der Waals surface area (Å²) in [6.07, 6.45) is 8.22. The van der Waals surface area contributed by atoms with Crippen LogP contribution in [0.3, 0.4) is 0 Å². The second kappa shape index (κ2) is 9.36. The molecule has 194 valence electrons. The van der Waals surface area contributed by atoms with E-state index in [2.05, 4.69) is 50.3 Å². The van der Waals surface area contributed by atoms with Crippen LogP contribution in [-0.4, -0.2) is 31.6 Å². The van der Waals surface area contributed by atoms with Crippen molar-refractivity contribution < 1.29 is 9.53 Å². The van der Waals surface area contributed by atoms with E-state index < -0.39 is 17.2 Å². The number of aromatic amines is 2. The molecule has 4 aromatic rings. The monoisotopic (exact) mass is 507 g/mol. The summed E-state index contributed by atoms with van der Waals surface area (Å²) < 4.78 is 5.59. The van der Waals surface area contributed by atoms with Gasteiger partial charge in [-0.25, -0.2) is 14.8 Å². The molecule has 1 fully saturated rings. The Morgan fingerprint density at radius 2 is 1.79 bits per heavy atom. The van der Waals surface area contributed by atoms with Crippen molar-refractivity contribution >= 4 is 17.1 Å². The maximum absolute atomic E-state index is 12.7. The number of nitrogens with one attached hydrogen (secondary N) is 3. The van der Waals surface area contributed by atoms with E-state index >= 15 is 0 Å². The van der Waals surface area contributed by atoms with Gasteiger partial charge in [-0.15, -0.1) is 0 Å².